The Morgan fingerprint density at radius 2 is 2.25 bits per heavy atom. The van der Waals surface area contributed by atoms with Crippen LogP contribution in [0, 0.1) is 0 Å². The zero-order chi connectivity index (χ0) is 14.6. The van der Waals surface area contributed by atoms with Gasteiger partial charge in [0, 0.05) is 46.1 Å². The molecule has 1 fully saturated rings. The lowest BCUT2D eigenvalue weighted by atomic mass is 10.3. The molecule has 0 spiro atoms. The second-order valence-electron chi connectivity index (χ2n) is 4.92. The minimum atomic E-state index is -0.516. The topological polar surface area (TPSA) is 69.4 Å². The van der Waals surface area contributed by atoms with Gasteiger partial charge < -0.3 is 10.1 Å². The van der Waals surface area contributed by atoms with Crippen LogP contribution in [-0.2, 0) is 9.57 Å². The van der Waals surface area contributed by atoms with Gasteiger partial charge >= 0.3 is 6.09 Å². The number of nitrogens with zero attached hydrogens (tertiary/aromatic N) is 4. The Labute approximate surface area is 122 Å². The summed E-state index contributed by atoms with van der Waals surface area (Å²) in [6.07, 6.45) is 2.95. The first kappa shape index (κ1) is 15.1. The van der Waals surface area contributed by atoms with Crippen molar-refractivity contribution in [2.24, 2.45) is 5.28 Å². The van der Waals surface area contributed by atoms with Crippen molar-refractivity contribution in [2.75, 3.05) is 33.4 Å². The zero-order valence-electron chi connectivity index (χ0n) is 11.9. The molecule has 2 aliphatic heterocycles. The molecule has 0 atom stereocenters. The van der Waals surface area contributed by atoms with E-state index in [2.05, 4.69) is 10.6 Å². The van der Waals surface area contributed by atoms with E-state index >= 15 is 0 Å². The molecule has 0 aromatic rings. The standard InChI is InChI=1S/C11H20N5O3S/c1-11(2)12-4-5-16(11)13-19-10(17)14(3)20-15-6-8-18-9-7-15/h4-5,12H,6-9H2,1-3H3/q+1. The summed E-state index contributed by atoms with van der Waals surface area (Å²) in [5.41, 5.74) is -0.393. The summed E-state index contributed by atoms with van der Waals surface area (Å²) in [4.78, 5) is 16.8. The second kappa shape index (κ2) is 6.42. The van der Waals surface area contributed by atoms with E-state index in [4.69, 9.17) is 9.57 Å². The van der Waals surface area contributed by atoms with Gasteiger partial charge in [-0.25, -0.2) is 18.2 Å². The lowest BCUT2D eigenvalue weighted by molar-refractivity contribution is -0.617. The molecule has 0 aromatic heterocycles. The number of morpholine rings is 1. The highest BCUT2D eigenvalue weighted by Gasteiger charge is 2.35. The molecule has 0 bridgehead atoms. The number of nitrogens with one attached hydrogen (secondary N) is 1. The third-order valence-corrected chi connectivity index (χ3v) is 3.89. The molecule has 0 aliphatic carbocycles. The minimum absolute atomic E-state index is 0.393. The lowest BCUT2D eigenvalue weighted by Crippen LogP contribution is -2.40. The summed E-state index contributed by atoms with van der Waals surface area (Å²) in [5.74, 6) is 0. The summed E-state index contributed by atoms with van der Waals surface area (Å²) >= 11 is 1.31. The van der Waals surface area contributed by atoms with Crippen LogP contribution < -0.4 is 5.32 Å². The van der Waals surface area contributed by atoms with Gasteiger partial charge in [-0.3, -0.25) is 0 Å². The fourth-order valence-electron chi connectivity index (χ4n) is 1.66. The minimum Gasteiger partial charge on any atom is -0.379 e. The van der Waals surface area contributed by atoms with Crippen LogP contribution in [0.25, 0.3) is 0 Å². The molecule has 0 saturated carbocycles. The number of ether oxygens (including phenoxy) is 1. The predicted octanol–water partition coefficient (Wildman–Crippen LogP) is 1.14. The molecule has 112 valence electrons. The highest BCUT2D eigenvalue weighted by molar-refractivity contribution is 7.95. The lowest BCUT2D eigenvalue weighted by Gasteiger charge is -2.27. The van der Waals surface area contributed by atoms with Gasteiger partial charge in [0.25, 0.3) is 5.66 Å². The molecule has 2 heterocycles. The maximum absolute atomic E-state index is 11.8. The molecule has 9 heteroatoms. The third kappa shape index (κ3) is 3.84. The van der Waals surface area contributed by atoms with Crippen molar-refractivity contribution in [1.82, 2.24) is 13.9 Å². The predicted molar refractivity (Wildman–Crippen MR) is 73.3 cm³/mol. The van der Waals surface area contributed by atoms with Crippen LogP contribution in [0.2, 0.25) is 0 Å². The summed E-state index contributed by atoms with van der Waals surface area (Å²) in [7, 11) is 1.65. The van der Waals surface area contributed by atoms with E-state index in [0.717, 1.165) is 13.1 Å². The second-order valence-corrected chi connectivity index (χ2v) is 6.15. The molecule has 1 amide bonds. The van der Waals surface area contributed by atoms with Gasteiger partial charge in [-0.1, -0.05) is 0 Å². The summed E-state index contributed by atoms with van der Waals surface area (Å²) in [6, 6.07) is 0. The van der Waals surface area contributed by atoms with Gasteiger partial charge in [0.1, 0.15) is 0 Å². The average Bonchev–Trinajstić information content (AvgIpc) is 2.76. The van der Waals surface area contributed by atoms with Crippen molar-refractivity contribution >= 4 is 18.2 Å². The van der Waals surface area contributed by atoms with E-state index in [-0.39, 0.29) is 0 Å². The Kier molecular flexibility index (Phi) is 4.84. The van der Waals surface area contributed by atoms with Crippen LogP contribution in [0.15, 0.2) is 17.7 Å². The van der Waals surface area contributed by atoms with Gasteiger partial charge in [-0.2, -0.15) is 0 Å². The van der Waals surface area contributed by atoms with Crippen molar-refractivity contribution in [2.45, 2.75) is 19.5 Å². The maximum atomic E-state index is 11.8. The van der Waals surface area contributed by atoms with Gasteiger partial charge in [0.2, 0.25) is 11.5 Å². The van der Waals surface area contributed by atoms with Gasteiger partial charge in [-0.15, -0.1) is 0 Å². The van der Waals surface area contributed by atoms with Crippen LogP contribution in [0.3, 0.4) is 0 Å². The number of rotatable bonds is 3. The smallest absolute Gasteiger partial charge is 0.379 e. The first-order valence-electron chi connectivity index (χ1n) is 6.39. The van der Waals surface area contributed by atoms with Gasteiger partial charge in [-0.05, 0) is 4.70 Å². The van der Waals surface area contributed by atoms with Crippen molar-refractivity contribution in [1.29, 1.82) is 0 Å². The van der Waals surface area contributed by atoms with Crippen LogP contribution in [0.4, 0.5) is 4.79 Å². The molecule has 1 N–H and O–H groups in total. The molecule has 0 radical (unpaired) electrons. The number of carbonyl (C=O) groups is 1. The van der Waals surface area contributed by atoms with E-state index < -0.39 is 11.8 Å². The largest absolute Gasteiger partial charge is 0.451 e. The molecule has 2 aliphatic rings. The SMILES string of the molecule is CN(SN1CCOCC1)C(=O)ON=[N+]1C=CNC1(C)C. The molecule has 20 heavy (non-hydrogen) atoms. The highest BCUT2D eigenvalue weighted by atomic mass is 32.2. The molecule has 0 aromatic carbocycles. The van der Waals surface area contributed by atoms with Crippen LogP contribution in [0.5, 0.6) is 0 Å². The van der Waals surface area contributed by atoms with Gasteiger partial charge in [0.05, 0.1) is 19.4 Å². The fourth-order valence-corrected chi connectivity index (χ4v) is 2.42. The maximum Gasteiger partial charge on any atom is 0.451 e. The van der Waals surface area contributed by atoms with Crippen LogP contribution >= 0.6 is 12.1 Å². The van der Waals surface area contributed by atoms with E-state index in [9.17, 15) is 4.79 Å². The van der Waals surface area contributed by atoms with E-state index in [1.165, 1.54) is 16.4 Å². The monoisotopic (exact) mass is 302 g/mol. The number of carbonyl (C=O) groups excluding carboxylic acids is 1. The summed E-state index contributed by atoms with van der Waals surface area (Å²) in [5, 5.41) is 6.91. The molecule has 8 nitrogen and oxygen atoms in total. The molecular weight excluding hydrogens is 282 g/mol. The van der Waals surface area contributed by atoms with Crippen molar-refractivity contribution in [3.05, 3.63) is 12.4 Å². The first-order valence-corrected chi connectivity index (χ1v) is 7.12. The number of hydrogen-bond acceptors (Lipinski definition) is 7. The van der Waals surface area contributed by atoms with Crippen molar-refractivity contribution < 1.29 is 19.1 Å². The fraction of sp³-hybridized carbons (Fsp3) is 0.727. The summed E-state index contributed by atoms with van der Waals surface area (Å²) < 4.78 is 10.3. The molecule has 2 rings (SSSR count). The van der Waals surface area contributed by atoms with Crippen molar-refractivity contribution in [3.8, 4) is 0 Å². The Morgan fingerprint density at radius 3 is 2.85 bits per heavy atom. The van der Waals surface area contributed by atoms with Crippen LogP contribution in [0.1, 0.15) is 13.8 Å². The quantitative estimate of drug-likeness (QED) is 0.479. The Morgan fingerprint density at radius 1 is 1.55 bits per heavy atom. The first-order chi connectivity index (χ1) is 9.49. The molecule has 0 unspecified atom stereocenters. The Hall–Kier alpha value is -1.32. The van der Waals surface area contributed by atoms with Gasteiger partial charge in [0.15, 0.2) is 0 Å². The Balaban J connectivity index is 1.82. The summed E-state index contributed by atoms with van der Waals surface area (Å²) in [6.45, 7) is 6.78. The highest BCUT2D eigenvalue weighted by Crippen LogP contribution is 2.17. The van der Waals surface area contributed by atoms with E-state index in [1.807, 2.05) is 18.2 Å². The van der Waals surface area contributed by atoms with Crippen LogP contribution in [-0.4, -0.2) is 58.4 Å². The molecule has 1 saturated heterocycles. The average molecular weight is 302 g/mol. The third-order valence-electron chi connectivity index (χ3n) is 2.90. The zero-order valence-corrected chi connectivity index (χ0v) is 12.7. The Bertz CT molecular complexity index is 420. The number of hydrogen-bond donors (Lipinski definition) is 1. The number of amides is 1. The normalized spacial score (nSPS) is 23.6. The van der Waals surface area contributed by atoms with Crippen molar-refractivity contribution in [3.63, 3.8) is 0 Å². The van der Waals surface area contributed by atoms with E-state index in [0.29, 0.717) is 13.2 Å². The van der Waals surface area contributed by atoms with E-state index in [1.54, 1.807) is 24.1 Å². The molecular formula is C11H20N5O3S+.